The lowest BCUT2D eigenvalue weighted by Gasteiger charge is -2.06. The van der Waals surface area contributed by atoms with E-state index in [1.807, 2.05) is 0 Å². The summed E-state index contributed by atoms with van der Waals surface area (Å²) in [5.41, 5.74) is 0.624. The maximum atomic E-state index is 11.7. The Morgan fingerprint density at radius 2 is 1.70 bits per heavy atom. The van der Waals surface area contributed by atoms with Crippen LogP contribution in [0.2, 0.25) is 0 Å². The molecule has 3 N–H and O–H groups in total. The standard InChI is InChI=1S/C14H14O6/c15-10-4-1-9(2-5-10)3-7-12(16)11(14(19)20)6-8-13(17)18/h1-5,7,11,15H,6,8H2,(H,17,18)(H,19,20)/b7-3+. The average Bonchev–Trinajstić information content (AvgIpc) is 2.37. The summed E-state index contributed by atoms with van der Waals surface area (Å²) in [5, 5.41) is 26.5. The van der Waals surface area contributed by atoms with Gasteiger partial charge in [-0.25, -0.2) is 0 Å². The number of phenolic OH excluding ortho intramolecular Hbond substituents is 1. The van der Waals surface area contributed by atoms with Gasteiger partial charge in [0.15, 0.2) is 5.78 Å². The summed E-state index contributed by atoms with van der Waals surface area (Å²) in [5.74, 6) is -4.43. The van der Waals surface area contributed by atoms with E-state index in [9.17, 15) is 14.4 Å². The highest BCUT2D eigenvalue weighted by Gasteiger charge is 2.24. The van der Waals surface area contributed by atoms with E-state index in [0.717, 1.165) is 6.08 Å². The summed E-state index contributed by atoms with van der Waals surface area (Å²) < 4.78 is 0. The van der Waals surface area contributed by atoms with Gasteiger partial charge in [0.2, 0.25) is 0 Å². The summed E-state index contributed by atoms with van der Waals surface area (Å²) >= 11 is 0. The average molecular weight is 278 g/mol. The number of phenols is 1. The van der Waals surface area contributed by atoms with Crippen LogP contribution in [0.5, 0.6) is 5.75 Å². The Morgan fingerprint density at radius 3 is 2.20 bits per heavy atom. The number of carboxylic acid groups (broad SMARTS) is 2. The van der Waals surface area contributed by atoms with Crippen LogP contribution in [-0.4, -0.2) is 33.0 Å². The van der Waals surface area contributed by atoms with E-state index in [-0.39, 0.29) is 18.6 Å². The zero-order chi connectivity index (χ0) is 15.1. The van der Waals surface area contributed by atoms with Gasteiger partial charge in [-0.15, -0.1) is 0 Å². The third-order valence-corrected chi connectivity index (χ3v) is 2.62. The van der Waals surface area contributed by atoms with Crippen LogP contribution in [0.15, 0.2) is 30.3 Å². The van der Waals surface area contributed by atoms with Crippen LogP contribution >= 0.6 is 0 Å². The molecule has 0 radical (unpaired) electrons. The molecule has 0 aliphatic heterocycles. The summed E-state index contributed by atoms with van der Waals surface area (Å²) in [6, 6.07) is 5.99. The molecule has 0 bridgehead atoms. The Hall–Kier alpha value is -2.63. The summed E-state index contributed by atoms with van der Waals surface area (Å²) in [7, 11) is 0. The molecule has 0 aliphatic rings. The molecule has 1 aromatic rings. The minimum absolute atomic E-state index is 0.0818. The number of ketones is 1. The number of aromatic hydroxyl groups is 1. The minimum atomic E-state index is -1.36. The molecule has 1 atom stereocenters. The van der Waals surface area contributed by atoms with Crippen molar-refractivity contribution in [3.05, 3.63) is 35.9 Å². The molecule has 0 saturated carbocycles. The molecule has 0 saturated heterocycles. The Balaban J connectivity index is 2.72. The SMILES string of the molecule is O=C(O)CCC(C(=O)O)C(=O)/C=C/c1ccc(O)cc1. The molecule has 0 amide bonds. The highest BCUT2D eigenvalue weighted by molar-refractivity contribution is 6.06. The van der Waals surface area contributed by atoms with Crippen molar-refractivity contribution in [1.82, 2.24) is 0 Å². The lowest BCUT2D eigenvalue weighted by molar-refractivity contribution is -0.145. The number of allylic oxidation sites excluding steroid dienone is 1. The Kier molecular flexibility index (Phi) is 5.46. The molecule has 0 heterocycles. The maximum Gasteiger partial charge on any atom is 0.314 e. The third-order valence-electron chi connectivity index (χ3n) is 2.62. The molecule has 0 spiro atoms. The summed E-state index contributed by atoms with van der Waals surface area (Å²) in [4.78, 5) is 33.1. The van der Waals surface area contributed by atoms with Crippen LogP contribution in [0, 0.1) is 5.92 Å². The first-order valence-electron chi connectivity index (χ1n) is 5.85. The van der Waals surface area contributed by atoms with Gasteiger partial charge in [-0.1, -0.05) is 18.2 Å². The molecule has 0 aromatic heterocycles. The first-order chi connectivity index (χ1) is 9.40. The Morgan fingerprint density at radius 1 is 1.10 bits per heavy atom. The number of hydrogen-bond donors (Lipinski definition) is 3. The predicted octanol–water partition coefficient (Wildman–Crippen LogP) is 1.54. The summed E-state index contributed by atoms with van der Waals surface area (Å²) in [6.07, 6.45) is 1.89. The lowest BCUT2D eigenvalue weighted by Crippen LogP contribution is -2.23. The molecule has 1 aromatic carbocycles. The molecule has 6 heteroatoms. The van der Waals surface area contributed by atoms with E-state index < -0.39 is 23.6 Å². The fraction of sp³-hybridized carbons (Fsp3) is 0.214. The van der Waals surface area contributed by atoms with Crippen molar-refractivity contribution in [1.29, 1.82) is 0 Å². The normalized spacial score (nSPS) is 12.2. The van der Waals surface area contributed by atoms with Crippen molar-refractivity contribution in [2.45, 2.75) is 12.8 Å². The van der Waals surface area contributed by atoms with Crippen LogP contribution in [0.3, 0.4) is 0 Å². The van der Waals surface area contributed by atoms with E-state index in [4.69, 9.17) is 15.3 Å². The van der Waals surface area contributed by atoms with E-state index in [0.29, 0.717) is 5.56 Å². The third kappa shape index (κ3) is 4.93. The largest absolute Gasteiger partial charge is 0.508 e. The second-order valence-electron chi connectivity index (χ2n) is 4.15. The Labute approximate surface area is 115 Å². The lowest BCUT2D eigenvalue weighted by atomic mass is 9.97. The predicted molar refractivity (Wildman–Crippen MR) is 70.1 cm³/mol. The summed E-state index contributed by atoms with van der Waals surface area (Å²) in [6.45, 7) is 0. The number of carbonyl (C=O) groups excluding carboxylic acids is 1. The highest BCUT2D eigenvalue weighted by atomic mass is 16.4. The van der Waals surface area contributed by atoms with Gasteiger partial charge in [0.05, 0.1) is 0 Å². The zero-order valence-corrected chi connectivity index (χ0v) is 10.5. The zero-order valence-electron chi connectivity index (χ0n) is 10.5. The molecule has 0 aliphatic carbocycles. The van der Waals surface area contributed by atoms with E-state index >= 15 is 0 Å². The van der Waals surface area contributed by atoms with Gasteiger partial charge in [-0.2, -0.15) is 0 Å². The van der Waals surface area contributed by atoms with E-state index in [2.05, 4.69) is 0 Å². The topological polar surface area (TPSA) is 112 Å². The van der Waals surface area contributed by atoms with Crippen molar-refractivity contribution in [3.63, 3.8) is 0 Å². The molecule has 1 unspecified atom stereocenters. The molecule has 106 valence electrons. The second kappa shape index (κ2) is 7.08. The fourth-order valence-electron chi connectivity index (χ4n) is 1.54. The van der Waals surface area contributed by atoms with Crippen LogP contribution in [0.1, 0.15) is 18.4 Å². The van der Waals surface area contributed by atoms with E-state index in [1.165, 1.54) is 18.2 Å². The van der Waals surface area contributed by atoms with Crippen molar-refractivity contribution in [3.8, 4) is 5.75 Å². The molecule has 1 rings (SSSR count). The number of hydrogen-bond acceptors (Lipinski definition) is 4. The van der Waals surface area contributed by atoms with Crippen molar-refractivity contribution in [2.75, 3.05) is 0 Å². The van der Waals surface area contributed by atoms with Crippen molar-refractivity contribution >= 4 is 23.8 Å². The molecule has 20 heavy (non-hydrogen) atoms. The first kappa shape index (κ1) is 15.4. The molecule has 0 fully saturated rings. The molecular weight excluding hydrogens is 264 g/mol. The second-order valence-corrected chi connectivity index (χ2v) is 4.15. The van der Waals surface area contributed by atoms with Crippen molar-refractivity contribution in [2.24, 2.45) is 5.92 Å². The maximum absolute atomic E-state index is 11.7. The first-order valence-corrected chi connectivity index (χ1v) is 5.85. The smallest absolute Gasteiger partial charge is 0.314 e. The van der Waals surface area contributed by atoms with Gasteiger partial charge < -0.3 is 15.3 Å². The van der Waals surface area contributed by atoms with Gasteiger partial charge in [0, 0.05) is 6.42 Å². The van der Waals surface area contributed by atoms with Crippen LogP contribution in [0.25, 0.3) is 6.08 Å². The number of carboxylic acids is 2. The quantitative estimate of drug-likeness (QED) is 0.515. The monoisotopic (exact) mass is 278 g/mol. The fourth-order valence-corrected chi connectivity index (χ4v) is 1.54. The Bertz CT molecular complexity index is 529. The van der Waals surface area contributed by atoms with Gasteiger partial charge in [-0.05, 0) is 30.2 Å². The molecular formula is C14H14O6. The molecule has 6 nitrogen and oxygen atoms in total. The minimum Gasteiger partial charge on any atom is -0.508 e. The number of rotatable bonds is 7. The van der Waals surface area contributed by atoms with Gasteiger partial charge in [-0.3, -0.25) is 14.4 Å². The highest BCUT2D eigenvalue weighted by Crippen LogP contribution is 2.13. The van der Waals surface area contributed by atoms with Crippen LogP contribution in [-0.2, 0) is 14.4 Å². The number of aliphatic carboxylic acids is 2. The van der Waals surface area contributed by atoms with Gasteiger partial charge in [0.25, 0.3) is 0 Å². The van der Waals surface area contributed by atoms with Crippen molar-refractivity contribution < 1.29 is 29.7 Å². The van der Waals surface area contributed by atoms with Gasteiger partial charge >= 0.3 is 11.9 Å². The van der Waals surface area contributed by atoms with E-state index in [1.54, 1.807) is 12.1 Å². The van der Waals surface area contributed by atoms with Crippen LogP contribution < -0.4 is 0 Å². The number of benzene rings is 1. The van der Waals surface area contributed by atoms with Gasteiger partial charge in [0.1, 0.15) is 11.7 Å². The van der Waals surface area contributed by atoms with Crippen LogP contribution in [0.4, 0.5) is 0 Å². The number of carbonyl (C=O) groups is 3.